The van der Waals surface area contributed by atoms with Crippen molar-refractivity contribution in [2.24, 2.45) is 0 Å². The van der Waals surface area contributed by atoms with Crippen molar-refractivity contribution in [3.8, 4) is 0 Å². The molecule has 2 rings (SSSR count). The first-order chi connectivity index (χ1) is 10.4. The summed E-state index contributed by atoms with van der Waals surface area (Å²) in [5.74, 6) is 0. The molecule has 0 aromatic rings. The van der Waals surface area contributed by atoms with Crippen molar-refractivity contribution in [3.05, 3.63) is 0 Å². The largest absolute Gasteiger partial charge is 0.373 e. The molecule has 0 radical (unpaired) electrons. The second-order valence-electron chi connectivity index (χ2n) is 7.08. The van der Waals surface area contributed by atoms with Crippen LogP contribution >= 0.6 is 0 Å². The van der Waals surface area contributed by atoms with Crippen LogP contribution in [0.5, 0.6) is 0 Å². The lowest BCUT2D eigenvalue weighted by Gasteiger charge is -2.03. The molecular formula is C19H36O2. The normalized spacial score (nSPS) is 23.4. The quantitative estimate of drug-likeness (QED) is 0.272. The lowest BCUT2D eigenvalue weighted by Crippen LogP contribution is -1.87. The first kappa shape index (κ1) is 17.3. The van der Waals surface area contributed by atoms with Gasteiger partial charge in [0.25, 0.3) is 0 Å². The maximum Gasteiger partial charge on any atom is 0.0810 e. The number of hydrogen-bond donors (Lipinski definition) is 0. The molecule has 0 aromatic heterocycles. The number of ether oxygens (including phenoxy) is 2. The molecule has 2 aliphatic rings. The summed E-state index contributed by atoms with van der Waals surface area (Å²) in [5, 5.41) is 0. The summed E-state index contributed by atoms with van der Waals surface area (Å²) in [4.78, 5) is 0. The molecule has 21 heavy (non-hydrogen) atoms. The van der Waals surface area contributed by atoms with E-state index in [0.29, 0.717) is 12.2 Å². The zero-order valence-corrected chi connectivity index (χ0v) is 14.0. The lowest BCUT2D eigenvalue weighted by molar-refractivity contribution is 0.387. The Bertz CT molecular complexity index is 210. The highest BCUT2D eigenvalue weighted by molar-refractivity contribution is 4.68. The standard InChI is InChI=1S/C19H36O2/c1(2-4-6-8-10-12-14-18-16-20-18)3-5-7-9-11-13-15-19-17-21-19/h18-19H,1-17H2. The Hall–Kier alpha value is -0.0800. The van der Waals surface area contributed by atoms with Gasteiger partial charge in [0.1, 0.15) is 0 Å². The van der Waals surface area contributed by atoms with Gasteiger partial charge in [-0.1, -0.05) is 83.5 Å². The predicted molar refractivity (Wildman–Crippen MR) is 88.7 cm³/mol. The first-order valence-electron chi connectivity index (χ1n) is 9.68. The van der Waals surface area contributed by atoms with E-state index >= 15 is 0 Å². The number of unbranched alkanes of at least 4 members (excludes halogenated alkanes) is 12. The van der Waals surface area contributed by atoms with E-state index in [1.54, 1.807) is 0 Å². The van der Waals surface area contributed by atoms with Crippen LogP contribution in [-0.2, 0) is 9.47 Å². The minimum absolute atomic E-state index is 0.645. The van der Waals surface area contributed by atoms with Gasteiger partial charge in [0, 0.05) is 0 Å². The Morgan fingerprint density at radius 2 is 0.667 bits per heavy atom. The van der Waals surface area contributed by atoms with E-state index in [2.05, 4.69) is 0 Å². The summed E-state index contributed by atoms with van der Waals surface area (Å²) < 4.78 is 10.5. The van der Waals surface area contributed by atoms with Crippen LogP contribution in [0.25, 0.3) is 0 Å². The van der Waals surface area contributed by atoms with E-state index in [4.69, 9.17) is 9.47 Å². The van der Waals surface area contributed by atoms with E-state index in [0.717, 1.165) is 13.2 Å². The third-order valence-electron chi connectivity index (χ3n) is 4.86. The summed E-state index contributed by atoms with van der Waals surface area (Å²) >= 11 is 0. The molecule has 2 heteroatoms. The van der Waals surface area contributed by atoms with Crippen LogP contribution in [0.3, 0.4) is 0 Å². The molecule has 2 saturated heterocycles. The van der Waals surface area contributed by atoms with Gasteiger partial charge < -0.3 is 9.47 Å². The van der Waals surface area contributed by atoms with Crippen molar-refractivity contribution >= 4 is 0 Å². The molecule has 0 N–H and O–H groups in total. The molecular weight excluding hydrogens is 260 g/mol. The Labute approximate surface area is 132 Å². The Morgan fingerprint density at radius 3 is 0.905 bits per heavy atom. The van der Waals surface area contributed by atoms with Gasteiger partial charge in [-0.3, -0.25) is 0 Å². The molecule has 124 valence electrons. The van der Waals surface area contributed by atoms with Gasteiger partial charge in [0.05, 0.1) is 25.4 Å². The summed E-state index contributed by atoms with van der Waals surface area (Å²) in [5.41, 5.74) is 0. The molecule has 0 saturated carbocycles. The van der Waals surface area contributed by atoms with E-state index in [9.17, 15) is 0 Å². The van der Waals surface area contributed by atoms with Crippen LogP contribution in [-0.4, -0.2) is 25.4 Å². The topological polar surface area (TPSA) is 25.1 Å². The van der Waals surface area contributed by atoms with Crippen LogP contribution in [0, 0.1) is 0 Å². The molecule has 2 fully saturated rings. The van der Waals surface area contributed by atoms with Gasteiger partial charge in [-0.15, -0.1) is 0 Å². The third-order valence-corrected chi connectivity index (χ3v) is 4.86. The Morgan fingerprint density at radius 1 is 0.429 bits per heavy atom. The first-order valence-corrected chi connectivity index (χ1v) is 9.68. The van der Waals surface area contributed by atoms with Crippen LogP contribution in [0.4, 0.5) is 0 Å². The fourth-order valence-corrected chi connectivity index (χ4v) is 3.16. The summed E-state index contributed by atoms with van der Waals surface area (Å²) in [6.07, 6.45) is 22.6. The fraction of sp³-hybridized carbons (Fsp3) is 1.00. The van der Waals surface area contributed by atoms with E-state index in [1.807, 2.05) is 0 Å². The van der Waals surface area contributed by atoms with Gasteiger partial charge in [0.15, 0.2) is 0 Å². The summed E-state index contributed by atoms with van der Waals surface area (Å²) in [6, 6.07) is 0. The minimum Gasteiger partial charge on any atom is -0.373 e. The molecule has 2 heterocycles. The van der Waals surface area contributed by atoms with Crippen LogP contribution in [0.15, 0.2) is 0 Å². The van der Waals surface area contributed by atoms with Gasteiger partial charge in [0.2, 0.25) is 0 Å². The summed E-state index contributed by atoms with van der Waals surface area (Å²) in [7, 11) is 0. The molecule has 2 aliphatic heterocycles. The van der Waals surface area contributed by atoms with E-state index in [1.165, 1.54) is 96.3 Å². The van der Waals surface area contributed by atoms with Crippen molar-refractivity contribution in [1.82, 2.24) is 0 Å². The van der Waals surface area contributed by atoms with Gasteiger partial charge in [-0.05, 0) is 12.8 Å². The molecule has 2 nitrogen and oxygen atoms in total. The average Bonchev–Trinajstić information content (AvgIpc) is 3.37. The second kappa shape index (κ2) is 11.5. The third kappa shape index (κ3) is 11.2. The lowest BCUT2D eigenvalue weighted by atomic mass is 10.0. The van der Waals surface area contributed by atoms with Crippen molar-refractivity contribution < 1.29 is 9.47 Å². The smallest absolute Gasteiger partial charge is 0.0810 e. The molecule has 2 atom stereocenters. The highest BCUT2D eigenvalue weighted by Gasteiger charge is 2.21. The molecule has 0 amide bonds. The van der Waals surface area contributed by atoms with Crippen LogP contribution in [0.1, 0.15) is 96.3 Å². The molecule has 0 aromatic carbocycles. The van der Waals surface area contributed by atoms with Crippen LogP contribution in [0.2, 0.25) is 0 Å². The van der Waals surface area contributed by atoms with Gasteiger partial charge >= 0.3 is 0 Å². The highest BCUT2D eigenvalue weighted by atomic mass is 16.6. The fourth-order valence-electron chi connectivity index (χ4n) is 3.16. The number of rotatable bonds is 16. The molecule has 0 spiro atoms. The van der Waals surface area contributed by atoms with E-state index in [-0.39, 0.29) is 0 Å². The van der Waals surface area contributed by atoms with Crippen LogP contribution < -0.4 is 0 Å². The van der Waals surface area contributed by atoms with Crippen molar-refractivity contribution in [2.75, 3.05) is 13.2 Å². The average molecular weight is 296 g/mol. The number of epoxide rings is 2. The SMILES string of the molecule is C(CCCCCCCC1CO1)CCCCCCCC1CO1. The van der Waals surface area contributed by atoms with E-state index < -0.39 is 0 Å². The number of hydrogen-bond acceptors (Lipinski definition) is 2. The molecule has 0 bridgehead atoms. The highest BCUT2D eigenvalue weighted by Crippen LogP contribution is 2.19. The molecule has 0 aliphatic carbocycles. The van der Waals surface area contributed by atoms with Gasteiger partial charge in [-0.25, -0.2) is 0 Å². The van der Waals surface area contributed by atoms with Crippen molar-refractivity contribution in [1.29, 1.82) is 0 Å². The monoisotopic (exact) mass is 296 g/mol. The van der Waals surface area contributed by atoms with Gasteiger partial charge in [-0.2, -0.15) is 0 Å². The maximum atomic E-state index is 5.23. The van der Waals surface area contributed by atoms with Crippen molar-refractivity contribution in [2.45, 2.75) is 109 Å². The minimum atomic E-state index is 0.645. The zero-order chi connectivity index (χ0) is 14.6. The Kier molecular flexibility index (Phi) is 9.45. The zero-order valence-electron chi connectivity index (χ0n) is 14.0. The van der Waals surface area contributed by atoms with Crippen molar-refractivity contribution in [3.63, 3.8) is 0 Å². The maximum absolute atomic E-state index is 5.23. The summed E-state index contributed by atoms with van der Waals surface area (Å²) in [6.45, 7) is 2.07. The molecule has 2 unspecified atom stereocenters. The second-order valence-corrected chi connectivity index (χ2v) is 7.08. The predicted octanol–water partition coefficient (Wildman–Crippen LogP) is 5.64. The Balaban J connectivity index is 1.16.